The molecule has 1 heterocycles. The summed E-state index contributed by atoms with van der Waals surface area (Å²) >= 11 is 0. The number of carbonyl (C=O) groups excluding carboxylic acids is 5. The average molecular weight is 573 g/mol. The highest BCUT2D eigenvalue weighted by Crippen LogP contribution is 2.43. The highest BCUT2D eigenvalue weighted by atomic mass is 16.8. The zero-order chi connectivity index (χ0) is 30.3. The standard InChI is InChI=1S/C27H40O13/c1-6-10-20(30)35-17-27(40-24(34)15-14-19(28)29)26(5,39-23(33)13-9-4)25(38-22(32)12-8-3)18(16-36-27)37-21(31)11-7-2/h14-15,18,25H,6-13,16-17H2,1-5H3,(H,28,29)/b15-14+/t18-,25+,26+,27-/m0/s1. The summed E-state index contributed by atoms with van der Waals surface area (Å²) in [5.74, 6) is -7.98. The van der Waals surface area contributed by atoms with Gasteiger partial charge in [0.1, 0.15) is 0 Å². The lowest BCUT2D eigenvalue weighted by Crippen LogP contribution is -2.74. The summed E-state index contributed by atoms with van der Waals surface area (Å²) in [4.78, 5) is 74.0. The molecule has 0 aromatic rings. The van der Waals surface area contributed by atoms with Gasteiger partial charge in [-0.3, -0.25) is 19.2 Å². The van der Waals surface area contributed by atoms with Gasteiger partial charge in [-0.15, -0.1) is 0 Å². The maximum atomic E-state index is 12.9. The summed E-state index contributed by atoms with van der Waals surface area (Å²) < 4.78 is 33.7. The highest BCUT2D eigenvalue weighted by Gasteiger charge is 2.68. The molecule has 226 valence electrons. The molecule has 1 N–H and O–H groups in total. The molecule has 0 aromatic carbocycles. The van der Waals surface area contributed by atoms with Crippen molar-refractivity contribution in [2.75, 3.05) is 13.2 Å². The lowest BCUT2D eigenvalue weighted by atomic mass is 9.82. The minimum Gasteiger partial charge on any atom is -0.478 e. The van der Waals surface area contributed by atoms with Crippen LogP contribution in [0.1, 0.15) is 86.0 Å². The molecular weight excluding hydrogens is 532 g/mol. The van der Waals surface area contributed by atoms with Gasteiger partial charge in [-0.05, 0) is 32.6 Å². The van der Waals surface area contributed by atoms with E-state index in [-0.39, 0.29) is 25.7 Å². The maximum Gasteiger partial charge on any atom is 0.333 e. The second-order valence-corrected chi connectivity index (χ2v) is 9.34. The molecule has 40 heavy (non-hydrogen) atoms. The number of ether oxygens (including phenoxy) is 6. The largest absolute Gasteiger partial charge is 0.478 e. The van der Waals surface area contributed by atoms with Crippen molar-refractivity contribution in [1.82, 2.24) is 0 Å². The first-order valence-electron chi connectivity index (χ1n) is 13.4. The first kappa shape index (κ1) is 34.5. The molecule has 1 aliphatic heterocycles. The summed E-state index contributed by atoms with van der Waals surface area (Å²) in [5.41, 5.74) is -2.22. The van der Waals surface area contributed by atoms with E-state index in [1.54, 1.807) is 27.7 Å². The normalized spacial score (nSPS) is 24.1. The number of aliphatic carboxylic acids is 1. The molecule has 0 radical (unpaired) electrons. The van der Waals surface area contributed by atoms with Crippen LogP contribution < -0.4 is 0 Å². The van der Waals surface area contributed by atoms with Crippen molar-refractivity contribution in [3.8, 4) is 0 Å². The van der Waals surface area contributed by atoms with E-state index in [0.717, 1.165) is 0 Å². The van der Waals surface area contributed by atoms with Crippen molar-refractivity contribution in [3.05, 3.63) is 12.2 Å². The molecule has 1 fully saturated rings. The van der Waals surface area contributed by atoms with E-state index in [0.29, 0.717) is 37.8 Å². The molecule has 1 aliphatic rings. The first-order chi connectivity index (χ1) is 18.9. The predicted octanol–water partition coefficient (Wildman–Crippen LogP) is 2.77. The fraction of sp³-hybridized carbons (Fsp3) is 0.704. The Morgan fingerprint density at radius 3 is 1.85 bits per heavy atom. The van der Waals surface area contributed by atoms with Gasteiger partial charge in [0.25, 0.3) is 5.79 Å². The van der Waals surface area contributed by atoms with Gasteiger partial charge >= 0.3 is 35.8 Å². The van der Waals surface area contributed by atoms with E-state index < -0.39 is 72.6 Å². The summed E-state index contributed by atoms with van der Waals surface area (Å²) in [5, 5.41) is 8.93. The summed E-state index contributed by atoms with van der Waals surface area (Å²) in [7, 11) is 0. The van der Waals surface area contributed by atoms with Crippen LogP contribution in [0.15, 0.2) is 12.2 Å². The molecule has 0 unspecified atom stereocenters. The van der Waals surface area contributed by atoms with Crippen LogP contribution in [0.3, 0.4) is 0 Å². The van der Waals surface area contributed by atoms with Crippen LogP contribution in [0.25, 0.3) is 0 Å². The molecule has 0 amide bonds. The number of rotatable bonds is 16. The van der Waals surface area contributed by atoms with Gasteiger partial charge in [0.2, 0.25) is 5.60 Å². The Labute approximate surface area is 233 Å². The fourth-order valence-corrected chi connectivity index (χ4v) is 3.90. The Morgan fingerprint density at radius 1 is 0.775 bits per heavy atom. The van der Waals surface area contributed by atoms with Gasteiger partial charge < -0.3 is 33.5 Å². The molecule has 0 bridgehead atoms. The number of hydrogen-bond donors (Lipinski definition) is 1. The average Bonchev–Trinajstić information content (AvgIpc) is 2.86. The Balaban J connectivity index is 3.76. The zero-order valence-electron chi connectivity index (χ0n) is 23.7. The van der Waals surface area contributed by atoms with E-state index in [1.165, 1.54) is 6.92 Å². The molecule has 1 rings (SSSR count). The Hall–Kier alpha value is -3.48. The van der Waals surface area contributed by atoms with Crippen LogP contribution in [0.2, 0.25) is 0 Å². The monoisotopic (exact) mass is 572 g/mol. The smallest absolute Gasteiger partial charge is 0.333 e. The molecular formula is C27H40O13. The van der Waals surface area contributed by atoms with Gasteiger partial charge in [-0.2, -0.15) is 0 Å². The van der Waals surface area contributed by atoms with Crippen LogP contribution in [-0.4, -0.2) is 77.7 Å². The molecule has 0 aromatic heterocycles. The number of carboxylic acid groups (broad SMARTS) is 1. The lowest BCUT2D eigenvalue weighted by Gasteiger charge is -2.52. The van der Waals surface area contributed by atoms with Gasteiger partial charge in [0.15, 0.2) is 18.8 Å². The van der Waals surface area contributed by atoms with Crippen molar-refractivity contribution in [2.45, 2.75) is 110 Å². The molecule has 4 atom stereocenters. The Kier molecular flexibility index (Phi) is 14.3. The summed E-state index contributed by atoms with van der Waals surface area (Å²) in [6.45, 7) is 6.86. The van der Waals surface area contributed by atoms with Crippen molar-refractivity contribution in [1.29, 1.82) is 0 Å². The molecule has 13 nitrogen and oxygen atoms in total. The van der Waals surface area contributed by atoms with Gasteiger partial charge in [0.05, 0.1) is 6.61 Å². The molecule has 1 saturated heterocycles. The van der Waals surface area contributed by atoms with Gasteiger partial charge in [0, 0.05) is 37.8 Å². The van der Waals surface area contributed by atoms with E-state index in [2.05, 4.69) is 0 Å². The lowest BCUT2D eigenvalue weighted by molar-refractivity contribution is -0.372. The number of carboxylic acids is 1. The van der Waals surface area contributed by atoms with Crippen molar-refractivity contribution in [3.63, 3.8) is 0 Å². The number of carbonyl (C=O) groups is 6. The van der Waals surface area contributed by atoms with Crippen molar-refractivity contribution in [2.24, 2.45) is 0 Å². The molecule has 0 aliphatic carbocycles. The summed E-state index contributed by atoms with van der Waals surface area (Å²) in [6, 6.07) is 0. The molecule has 13 heteroatoms. The second-order valence-electron chi connectivity index (χ2n) is 9.34. The quantitative estimate of drug-likeness (QED) is 0.162. The first-order valence-corrected chi connectivity index (χ1v) is 13.4. The number of hydrogen-bond acceptors (Lipinski definition) is 12. The van der Waals surface area contributed by atoms with Crippen LogP contribution in [0, 0.1) is 0 Å². The SMILES string of the molecule is CCCC(=O)OC[C@@]1(OC(=O)/C=C/C(=O)O)OC[C@H](OC(=O)CCC)[C@@H](OC(=O)CCC)[C@@]1(C)OC(=O)CCC. The molecule has 0 spiro atoms. The third-order valence-electron chi connectivity index (χ3n) is 5.85. The Morgan fingerprint density at radius 2 is 1.30 bits per heavy atom. The van der Waals surface area contributed by atoms with Crippen LogP contribution in [-0.2, 0) is 57.2 Å². The third-order valence-corrected chi connectivity index (χ3v) is 5.85. The van der Waals surface area contributed by atoms with E-state index in [4.69, 9.17) is 33.5 Å². The summed E-state index contributed by atoms with van der Waals surface area (Å²) in [6.07, 6.45) is -0.200. The second kappa shape index (κ2) is 16.6. The molecule has 0 saturated carbocycles. The van der Waals surface area contributed by atoms with E-state index >= 15 is 0 Å². The van der Waals surface area contributed by atoms with Gasteiger partial charge in [-0.25, -0.2) is 9.59 Å². The third kappa shape index (κ3) is 9.92. The van der Waals surface area contributed by atoms with E-state index in [9.17, 15) is 28.8 Å². The zero-order valence-corrected chi connectivity index (χ0v) is 23.7. The van der Waals surface area contributed by atoms with Crippen molar-refractivity contribution >= 4 is 35.8 Å². The highest BCUT2D eigenvalue weighted by molar-refractivity contribution is 5.91. The minimum atomic E-state index is -2.43. The van der Waals surface area contributed by atoms with E-state index in [1.807, 2.05) is 0 Å². The predicted molar refractivity (Wildman–Crippen MR) is 136 cm³/mol. The van der Waals surface area contributed by atoms with Gasteiger partial charge in [-0.1, -0.05) is 27.7 Å². The van der Waals surface area contributed by atoms with Crippen LogP contribution in [0.5, 0.6) is 0 Å². The Bertz CT molecular complexity index is 943. The van der Waals surface area contributed by atoms with Crippen molar-refractivity contribution < 1.29 is 62.3 Å². The van der Waals surface area contributed by atoms with Crippen LogP contribution in [0.4, 0.5) is 0 Å². The fourth-order valence-electron chi connectivity index (χ4n) is 3.90. The number of esters is 5. The maximum absolute atomic E-state index is 12.9. The minimum absolute atomic E-state index is 0.00144. The van der Waals surface area contributed by atoms with Crippen LogP contribution >= 0.6 is 0 Å². The topological polar surface area (TPSA) is 178 Å².